The number of aromatic nitrogens is 1. The van der Waals surface area contributed by atoms with Gasteiger partial charge >= 0.3 is 0 Å². The summed E-state index contributed by atoms with van der Waals surface area (Å²) in [5.41, 5.74) is 6.75. The maximum absolute atomic E-state index is 8.94. The molecule has 0 saturated carbocycles. The van der Waals surface area contributed by atoms with Crippen molar-refractivity contribution in [2.24, 2.45) is 5.73 Å². The first-order valence-corrected chi connectivity index (χ1v) is 5.37. The van der Waals surface area contributed by atoms with Crippen molar-refractivity contribution in [3.63, 3.8) is 0 Å². The van der Waals surface area contributed by atoms with Gasteiger partial charge in [0, 0.05) is 25.3 Å². The van der Waals surface area contributed by atoms with E-state index < -0.39 is 0 Å². The summed E-state index contributed by atoms with van der Waals surface area (Å²) in [5, 5.41) is 8.94. The van der Waals surface area contributed by atoms with Crippen molar-refractivity contribution in [2.45, 2.75) is 13.0 Å². The summed E-state index contributed by atoms with van der Waals surface area (Å²) in [6.45, 7) is 6.93. The summed E-state index contributed by atoms with van der Waals surface area (Å²) in [6, 6.07) is 3.87. The third-order valence-corrected chi connectivity index (χ3v) is 2.34. The highest BCUT2D eigenvalue weighted by atomic mass is 16.3. The zero-order valence-electron chi connectivity index (χ0n) is 9.63. The fourth-order valence-corrected chi connectivity index (χ4v) is 1.43. The first-order valence-electron chi connectivity index (χ1n) is 5.37. The van der Waals surface area contributed by atoms with E-state index in [1.54, 1.807) is 12.3 Å². The molecule has 0 fully saturated rings. The van der Waals surface area contributed by atoms with Crippen LogP contribution in [0.3, 0.4) is 0 Å². The lowest BCUT2D eigenvalue weighted by Gasteiger charge is -2.21. The molecule has 0 aliphatic heterocycles. The lowest BCUT2D eigenvalue weighted by molar-refractivity contribution is 0.302. The Kier molecular flexibility index (Phi) is 4.95. The summed E-state index contributed by atoms with van der Waals surface area (Å²) in [6.07, 6.45) is 3.56. The summed E-state index contributed by atoms with van der Waals surface area (Å²) < 4.78 is 0. The monoisotopic (exact) mass is 221 g/mol. The number of aliphatic hydroxyl groups excluding tert-OH is 1. The minimum Gasteiger partial charge on any atom is -0.395 e. The van der Waals surface area contributed by atoms with Gasteiger partial charge in [0.1, 0.15) is 5.82 Å². The molecule has 1 aromatic rings. The van der Waals surface area contributed by atoms with Crippen LogP contribution in [0.25, 0.3) is 0 Å². The average molecular weight is 221 g/mol. The predicted octanol–water partition coefficient (Wildman–Crippen LogP) is 1.09. The van der Waals surface area contributed by atoms with Crippen molar-refractivity contribution in [3.8, 4) is 0 Å². The number of hydrogen-bond donors (Lipinski definition) is 2. The van der Waals surface area contributed by atoms with Crippen molar-refractivity contribution in [1.29, 1.82) is 0 Å². The lowest BCUT2D eigenvalue weighted by Crippen LogP contribution is -2.27. The summed E-state index contributed by atoms with van der Waals surface area (Å²) >= 11 is 0. The van der Waals surface area contributed by atoms with E-state index >= 15 is 0 Å². The Morgan fingerprint density at radius 3 is 2.81 bits per heavy atom. The summed E-state index contributed by atoms with van der Waals surface area (Å²) in [4.78, 5) is 6.28. The van der Waals surface area contributed by atoms with Gasteiger partial charge in [-0.25, -0.2) is 4.98 Å². The van der Waals surface area contributed by atoms with E-state index in [0.717, 1.165) is 11.4 Å². The number of hydrogen-bond acceptors (Lipinski definition) is 4. The third kappa shape index (κ3) is 3.32. The lowest BCUT2D eigenvalue weighted by atomic mass is 10.1. The molecule has 0 spiro atoms. The van der Waals surface area contributed by atoms with Crippen LogP contribution in [0.2, 0.25) is 0 Å². The van der Waals surface area contributed by atoms with Crippen LogP contribution in [-0.4, -0.2) is 29.8 Å². The van der Waals surface area contributed by atoms with Crippen LogP contribution < -0.4 is 10.6 Å². The van der Waals surface area contributed by atoms with Gasteiger partial charge in [0.25, 0.3) is 0 Å². The highest BCUT2D eigenvalue weighted by Crippen LogP contribution is 2.14. The molecular weight excluding hydrogens is 202 g/mol. The first kappa shape index (κ1) is 12.7. The molecule has 0 saturated heterocycles. The quantitative estimate of drug-likeness (QED) is 0.706. The van der Waals surface area contributed by atoms with E-state index in [1.807, 2.05) is 24.0 Å². The molecule has 0 amide bonds. The van der Waals surface area contributed by atoms with Crippen LogP contribution in [0.1, 0.15) is 18.5 Å². The molecule has 1 aromatic heterocycles. The zero-order valence-corrected chi connectivity index (χ0v) is 9.63. The van der Waals surface area contributed by atoms with Gasteiger partial charge in [-0.2, -0.15) is 0 Å². The standard InChI is InChI=1S/C12H19N3O/c1-3-6-15(7-8-16)12-5-4-11(9-14-12)10(2)13/h3-5,9-10,16H,1,6-8,13H2,2H3/t10-/m0/s1. The number of rotatable bonds is 6. The fourth-order valence-electron chi connectivity index (χ4n) is 1.43. The smallest absolute Gasteiger partial charge is 0.128 e. The molecule has 0 bridgehead atoms. The average Bonchev–Trinajstić information content (AvgIpc) is 2.29. The van der Waals surface area contributed by atoms with Gasteiger partial charge in [-0.05, 0) is 18.6 Å². The molecule has 0 aliphatic carbocycles. The van der Waals surface area contributed by atoms with E-state index in [4.69, 9.17) is 10.8 Å². The van der Waals surface area contributed by atoms with Gasteiger partial charge in [-0.1, -0.05) is 12.1 Å². The van der Waals surface area contributed by atoms with Crippen LogP contribution >= 0.6 is 0 Å². The molecule has 0 unspecified atom stereocenters. The van der Waals surface area contributed by atoms with Gasteiger partial charge in [-0.3, -0.25) is 0 Å². The molecular formula is C12H19N3O. The fraction of sp³-hybridized carbons (Fsp3) is 0.417. The van der Waals surface area contributed by atoms with E-state index in [2.05, 4.69) is 11.6 Å². The van der Waals surface area contributed by atoms with Crippen molar-refractivity contribution < 1.29 is 5.11 Å². The number of pyridine rings is 1. The molecule has 16 heavy (non-hydrogen) atoms. The van der Waals surface area contributed by atoms with Crippen LogP contribution in [-0.2, 0) is 0 Å². The highest BCUT2D eigenvalue weighted by molar-refractivity contribution is 5.40. The number of nitrogens with zero attached hydrogens (tertiary/aromatic N) is 2. The Bertz CT molecular complexity index is 322. The Morgan fingerprint density at radius 2 is 2.38 bits per heavy atom. The molecule has 0 aliphatic rings. The third-order valence-electron chi connectivity index (χ3n) is 2.34. The molecule has 3 N–H and O–H groups in total. The van der Waals surface area contributed by atoms with Gasteiger partial charge in [0.05, 0.1) is 6.61 Å². The number of nitrogens with two attached hydrogens (primary N) is 1. The second-order valence-electron chi connectivity index (χ2n) is 3.70. The Morgan fingerprint density at radius 1 is 1.62 bits per heavy atom. The molecule has 1 atom stereocenters. The van der Waals surface area contributed by atoms with E-state index in [1.165, 1.54) is 0 Å². The maximum atomic E-state index is 8.94. The van der Waals surface area contributed by atoms with Crippen LogP contribution in [0.15, 0.2) is 31.0 Å². The SMILES string of the molecule is C=CCN(CCO)c1ccc([C@H](C)N)cn1. The maximum Gasteiger partial charge on any atom is 0.128 e. The summed E-state index contributed by atoms with van der Waals surface area (Å²) in [7, 11) is 0. The van der Waals surface area contributed by atoms with Gasteiger partial charge in [0.15, 0.2) is 0 Å². The van der Waals surface area contributed by atoms with E-state index in [9.17, 15) is 0 Å². The van der Waals surface area contributed by atoms with Crippen molar-refractivity contribution in [3.05, 3.63) is 36.5 Å². The molecule has 0 aromatic carbocycles. The largest absolute Gasteiger partial charge is 0.395 e. The van der Waals surface area contributed by atoms with Crippen LogP contribution in [0, 0.1) is 0 Å². The van der Waals surface area contributed by atoms with Gasteiger partial charge in [-0.15, -0.1) is 6.58 Å². The van der Waals surface area contributed by atoms with Crippen LogP contribution in [0.5, 0.6) is 0 Å². The summed E-state index contributed by atoms with van der Waals surface area (Å²) in [5.74, 6) is 0.832. The minimum absolute atomic E-state index is 0.00718. The first-order chi connectivity index (χ1) is 7.69. The normalized spacial score (nSPS) is 12.2. The van der Waals surface area contributed by atoms with Crippen molar-refractivity contribution in [1.82, 2.24) is 4.98 Å². The number of aliphatic hydroxyl groups is 1. The second-order valence-corrected chi connectivity index (χ2v) is 3.70. The van der Waals surface area contributed by atoms with Crippen LogP contribution in [0.4, 0.5) is 5.82 Å². The molecule has 4 heteroatoms. The van der Waals surface area contributed by atoms with E-state index in [-0.39, 0.29) is 12.6 Å². The van der Waals surface area contributed by atoms with Gasteiger partial charge in [0.2, 0.25) is 0 Å². The van der Waals surface area contributed by atoms with Crippen molar-refractivity contribution >= 4 is 5.82 Å². The second kappa shape index (κ2) is 6.25. The topological polar surface area (TPSA) is 62.4 Å². The zero-order chi connectivity index (χ0) is 12.0. The Labute approximate surface area is 96.4 Å². The Hall–Kier alpha value is -1.39. The number of anilines is 1. The highest BCUT2D eigenvalue weighted by Gasteiger charge is 2.06. The molecule has 4 nitrogen and oxygen atoms in total. The predicted molar refractivity (Wildman–Crippen MR) is 66.3 cm³/mol. The molecule has 0 radical (unpaired) electrons. The minimum atomic E-state index is -0.00718. The van der Waals surface area contributed by atoms with Gasteiger partial charge < -0.3 is 15.7 Å². The van der Waals surface area contributed by atoms with Crippen molar-refractivity contribution in [2.75, 3.05) is 24.6 Å². The van der Waals surface area contributed by atoms with E-state index in [0.29, 0.717) is 13.1 Å². The molecule has 1 rings (SSSR count). The molecule has 1 heterocycles. The Balaban J connectivity index is 2.80. The molecule has 88 valence electrons.